The Hall–Kier alpha value is -1.74. The third kappa shape index (κ3) is 4.63. The molecule has 1 fully saturated rings. The molecule has 0 aromatic heterocycles. The number of piperazine rings is 1. The van der Waals surface area contributed by atoms with E-state index >= 15 is 0 Å². The minimum atomic E-state index is -3.64. The molecule has 0 amide bonds. The molecule has 1 aliphatic rings. The summed E-state index contributed by atoms with van der Waals surface area (Å²) >= 11 is 1.72. The van der Waals surface area contributed by atoms with Crippen LogP contribution >= 0.6 is 11.8 Å². The summed E-state index contributed by atoms with van der Waals surface area (Å²) in [4.78, 5) is 3.67. The highest BCUT2D eigenvalue weighted by Crippen LogP contribution is 2.31. The second-order valence-electron chi connectivity index (χ2n) is 6.55. The maximum absolute atomic E-state index is 13.1. The van der Waals surface area contributed by atoms with Crippen molar-refractivity contribution in [1.82, 2.24) is 9.21 Å². The Morgan fingerprint density at radius 1 is 0.964 bits per heavy atom. The van der Waals surface area contributed by atoms with Crippen LogP contribution in [0.3, 0.4) is 0 Å². The standard InChI is InChI=1S/C20H26N2O4S2/c1-25-17-6-9-19(26-2)20(14-17)28(23,24)22-12-10-21(11-13-22)15-16-4-7-18(27-3)8-5-16/h4-9,14H,10-13,15H2,1-3H3. The Morgan fingerprint density at radius 3 is 2.21 bits per heavy atom. The summed E-state index contributed by atoms with van der Waals surface area (Å²) in [6, 6.07) is 13.4. The first-order valence-corrected chi connectivity index (χ1v) is 11.7. The van der Waals surface area contributed by atoms with Gasteiger partial charge < -0.3 is 9.47 Å². The van der Waals surface area contributed by atoms with E-state index in [0.717, 1.165) is 6.54 Å². The zero-order chi connectivity index (χ0) is 20.1. The summed E-state index contributed by atoms with van der Waals surface area (Å²) in [5.74, 6) is 0.823. The highest BCUT2D eigenvalue weighted by atomic mass is 32.2. The van der Waals surface area contributed by atoms with Crippen LogP contribution in [0.25, 0.3) is 0 Å². The molecule has 28 heavy (non-hydrogen) atoms. The molecular formula is C20H26N2O4S2. The molecule has 0 bridgehead atoms. The Kier molecular flexibility index (Phi) is 6.87. The van der Waals surface area contributed by atoms with Gasteiger partial charge in [0.15, 0.2) is 0 Å². The van der Waals surface area contributed by atoms with E-state index in [0.29, 0.717) is 37.7 Å². The van der Waals surface area contributed by atoms with Gasteiger partial charge in [0.2, 0.25) is 10.0 Å². The van der Waals surface area contributed by atoms with Crippen LogP contribution in [0.15, 0.2) is 52.3 Å². The van der Waals surface area contributed by atoms with Crippen LogP contribution in [0.1, 0.15) is 5.56 Å². The molecule has 1 heterocycles. The minimum Gasteiger partial charge on any atom is -0.497 e. The average molecular weight is 423 g/mol. The molecule has 0 spiro atoms. The fraction of sp³-hybridized carbons (Fsp3) is 0.400. The van der Waals surface area contributed by atoms with Crippen LogP contribution < -0.4 is 9.47 Å². The van der Waals surface area contributed by atoms with Crippen molar-refractivity contribution in [3.05, 3.63) is 48.0 Å². The van der Waals surface area contributed by atoms with E-state index in [4.69, 9.17) is 9.47 Å². The molecule has 2 aromatic carbocycles. The van der Waals surface area contributed by atoms with E-state index in [9.17, 15) is 8.42 Å². The van der Waals surface area contributed by atoms with Crippen LogP contribution in [0.2, 0.25) is 0 Å². The van der Waals surface area contributed by atoms with Crippen molar-refractivity contribution in [3.8, 4) is 11.5 Å². The number of benzene rings is 2. The number of hydrogen-bond acceptors (Lipinski definition) is 6. The van der Waals surface area contributed by atoms with E-state index in [-0.39, 0.29) is 4.90 Å². The van der Waals surface area contributed by atoms with Crippen molar-refractivity contribution < 1.29 is 17.9 Å². The lowest BCUT2D eigenvalue weighted by molar-refractivity contribution is 0.181. The largest absolute Gasteiger partial charge is 0.497 e. The Morgan fingerprint density at radius 2 is 1.64 bits per heavy atom. The molecule has 0 aliphatic carbocycles. The van der Waals surface area contributed by atoms with E-state index in [2.05, 4.69) is 35.4 Å². The molecule has 0 atom stereocenters. The topological polar surface area (TPSA) is 59.1 Å². The van der Waals surface area contributed by atoms with Gasteiger partial charge in [-0.15, -0.1) is 11.8 Å². The summed E-state index contributed by atoms with van der Waals surface area (Å²) in [5, 5.41) is 0. The van der Waals surface area contributed by atoms with Gasteiger partial charge in [0.05, 0.1) is 14.2 Å². The fourth-order valence-corrected chi connectivity index (χ4v) is 5.24. The van der Waals surface area contributed by atoms with Gasteiger partial charge in [0.25, 0.3) is 0 Å². The molecule has 1 saturated heterocycles. The van der Waals surface area contributed by atoms with Crippen LogP contribution in [-0.2, 0) is 16.6 Å². The molecule has 3 rings (SSSR count). The summed E-state index contributed by atoms with van der Waals surface area (Å²) in [5.41, 5.74) is 1.24. The number of nitrogens with zero attached hydrogens (tertiary/aromatic N) is 2. The second kappa shape index (κ2) is 9.17. The molecule has 0 radical (unpaired) electrons. The summed E-state index contributed by atoms with van der Waals surface area (Å²) < 4.78 is 38.3. The smallest absolute Gasteiger partial charge is 0.246 e. The SMILES string of the molecule is COc1ccc(OC)c(S(=O)(=O)N2CCN(Cc3ccc(SC)cc3)CC2)c1. The first kappa shape index (κ1) is 21.0. The molecule has 0 N–H and O–H groups in total. The van der Waals surface area contributed by atoms with Crippen LogP contribution in [0.4, 0.5) is 0 Å². The second-order valence-corrected chi connectivity index (χ2v) is 9.33. The summed E-state index contributed by atoms with van der Waals surface area (Å²) in [6.45, 7) is 3.10. The lowest BCUT2D eigenvalue weighted by atomic mass is 10.2. The zero-order valence-corrected chi connectivity index (χ0v) is 18.1. The predicted octanol–water partition coefficient (Wildman–Crippen LogP) is 2.93. The van der Waals surface area contributed by atoms with E-state index < -0.39 is 10.0 Å². The van der Waals surface area contributed by atoms with Crippen LogP contribution in [-0.4, -0.2) is 64.3 Å². The van der Waals surface area contributed by atoms with Crippen molar-refractivity contribution in [1.29, 1.82) is 0 Å². The lowest BCUT2D eigenvalue weighted by Gasteiger charge is -2.34. The normalized spacial score (nSPS) is 16.1. The zero-order valence-electron chi connectivity index (χ0n) is 16.4. The first-order valence-electron chi connectivity index (χ1n) is 9.05. The molecular weight excluding hydrogens is 396 g/mol. The average Bonchev–Trinajstić information content (AvgIpc) is 2.74. The van der Waals surface area contributed by atoms with Gasteiger partial charge in [0.1, 0.15) is 16.4 Å². The Labute approximate surface area is 171 Å². The number of sulfonamides is 1. The third-order valence-electron chi connectivity index (χ3n) is 4.89. The third-order valence-corrected chi connectivity index (χ3v) is 7.55. The summed E-state index contributed by atoms with van der Waals surface area (Å²) in [6.07, 6.45) is 2.06. The molecule has 1 aliphatic heterocycles. The molecule has 6 nitrogen and oxygen atoms in total. The first-order chi connectivity index (χ1) is 13.5. The minimum absolute atomic E-state index is 0.149. The van der Waals surface area contributed by atoms with Crippen molar-refractivity contribution in [2.45, 2.75) is 16.3 Å². The number of thioether (sulfide) groups is 1. The molecule has 0 saturated carbocycles. The lowest BCUT2D eigenvalue weighted by Crippen LogP contribution is -2.48. The van der Waals surface area contributed by atoms with Gasteiger partial charge in [-0.05, 0) is 36.1 Å². The number of methoxy groups -OCH3 is 2. The van der Waals surface area contributed by atoms with Crippen molar-refractivity contribution in [2.75, 3.05) is 46.7 Å². The fourth-order valence-electron chi connectivity index (χ4n) is 3.24. The maximum atomic E-state index is 13.1. The highest BCUT2D eigenvalue weighted by Gasteiger charge is 2.31. The Balaban J connectivity index is 1.68. The number of hydrogen-bond donors (Lipinski definition) is 0. The summed E-state index contributed by atoms with van der Waals surface area (Å²) in [7, 11) is -0.654. The Bertz CT molecular complexity index is 893. The van der Waals surface area contributed by atoms with Gasteiger partial charge >= 0.3 is 0 Å². The number of ether oxygens (including phenoxy) is 2. The van der Waals surface area contributed by atoms with Crippen molar-refractivity contribution in [3.63, 3.8) is 0 Å². The van der Waals surface area contributed by atoms with Crippen LogP contribution in [0.5, 0.6) is 11.5 Å². The van der Waals surface area contributed by atoms with E-state index in [1.54, 1.807) is 23.9 Å². The van der Waals surface area contributed by atoms with E-state index in [1.165, 1.54) is 35.1 Å². The van der Waals surface area contributed by atoms with Crippen molar-refractivity contribution in [2.24, 2.45) is 0 Å². The van der Waals surface area contributed by atoms with Gasteiger partial charge in [-0.2, -0.15) is 4.31 Å². The van der Waals surface area contributed by atoms with Gasteiger partial charge in [-0.1, -0.05) is 12.1 Å². The predicted molar refractivity (Wildman–Crippen MR) is 112 cm³/mol. The molecule has 2 aromatic rings. The quantitative estimate of drug-likeness (QED) is 0.640. The molecule has 152 valence electrons. The van der Waals surface area contributed by atoms with Gasteiger partial charge in [-0.3, -0.25) is 4.90 Å². The molecule has 0 unspecified atom stereocenters. The van der Waals surface area contributed by atoms with Crippen molar-refractivity contribution >= 4 is 21.8 Å². The van der Waals surface area contributed by atoms with E-state index in [1.807, 2.05) is 0 Å². The molecule has 8 heteroatoms. The maximum Gasteiger partial charge on any atom is 0.246 e. The van der Waals surface area contributed by atoms with Gasteiger partial charge in [-0.25, -0.2) is 8.42 Å². The monoisotopic (exact) mass is 422 g/mol. The number of rotatable bonds is 7. The van der Waals surface area contributed by atoms with Crippen LogP contribution in [0, 0.1) is 0 Å². The van der Waals surface area contributed by atoms with Gasteiger partial charge in [0, 0.05) is 43.7 Å². The highest BCUT2D eigenvalue weighted by molar-refractivity contribution is 7.98.